The molecule has 0 saturated carbocycles. The zero-order valence-corrected chi connectivity index (χ0v) is 6.43. The molecule has 1 N–H and O–H groups in total. The quantitative estimate of drug-likeness (QED) is 0.550. The Kier molecular flexibility index (Phi) is 1.95. The second-order valence-corrected chi connectivity index (χ2v) is 3.00. The van der Waals surface area contributed by atoms with Crippen molar-refractivity contribution in [1.29, 1.82) is 0 Å². The van der Waals surface area contributed by atoms with Crippen LogP contribution in [0.4, 0.5) is 0 Å². The highest BCUT2D eigenvalue weighted by atomic mass is 16.3. The Morgan fingerprint density at radius 2 is 2.40 bits per heavy atom. The summed E-state index contributed by atoms with van der Waals surface area (Å²) in [6.07, 6.45) is 6.88. The van der Waals surface area contributed by atoms with Crippen LogP contribution in [-0.4, -0.2) is 10.7 Å². The van der Waals surface area contributed by atoms with Gasteiger partial charge in [-0.15, -0.1) is 0 Å². The fraction of sp³-hybridized carbons (Fsp3) is 0.556. The fourth-order valence-corrected chi connectivity index (χ4v) is 1.21. The summed E-state index contributed by atoms with van der Waals surface area (Å²) in [7, 11) is 0. The molecule has 0 amide bonds. The summed E-state index contributed by atoms with van der Waals surface area (Å²) in [5.41, 5.74) is 0.154. The van der Waals surface area contributed by atoms with E-state index in [2.05, 4.69) is 6.58 Å². The van der Waals surface area contributed by atoms with E-state index in [4.69, 9.17) is 0 Å². The SMILES string of the molecule is C=C(C)C1(O)C=CCCC1. The molecule has 1 nitrogen and oxygen atoms in total. The average molecular weight is 138 g/mol. The van der Waals surface area contributed by atoms with E-state index in [1.807, 2.05) is 19.1 Å². The van der Waals surface area contributed by atoms with E-state index in [-0.39, 0.29) is 0 Å². The molecule has 0 spiro atoms. The molecule has 1 rings (SSSR count). The van der Waals surface area contributed by atoms with E-state index in [1.165, 1.54) is 0 Å². The first kappa shape index (κ1) is 7.55. The van der Waals surface area contributed by atoms with Gasteiger partial charge in [-0.25, -0.2) is 0 Å². The monoisotopic (exact) mass is 138 g/mol. The minimum absolute atomic E-state index is 0.696. The van der Waals surface area contributed by atoms with Crippen LogP contribution in [0.3, 0.4) is 0 Å². The third-order valence-corrected chi connectivity index (χ3v) is 2.06. The van der Waals surface area contributed by atoms with E-state index >= 15 is 0 Å². The molecule has 10 heavy (non-hydrogen) atoms. The lowest BCUT2D eigenvalue weighted by Crippen LogP contribution is -2.28. The lowest BCUT2D eigenvalue weighted by Gasteiger charge is -2.27. The fourth-order valence-electron chi connectivity index (χ4n) is 1.21. The molecule has 0 aromatic rings. The van der Waals surface area contributed by atoms with Crippen molar-refractivity contribution in [3.05, 3.63) is 24.3 Å². The molecule has 1 aliphatic rings. The summed E-state index contributed by atoms with van der Waals surface area (Å²) in [4.78, 5) is 0. The van der Waals surface area contributed by atoms with Gasteiger partial charge in [-0.1, -0.05) is 18.7 Å². The molecule has 1 atom stereocenters. The number of allylic oxidation sites excluding steroid dienone is 1. The van der Waals surface area contributed by atoms with E-state index in [0.29, 0.717) is 0 Å². The highest BCUT2D eigenvalue weighted by molar-refractivity contribution is 5.21. The van der Waals surface area contributed by atoms with Crippen molar-refractivity contribution in [2.24, 2.45) is 0 Å². The molecule has 1 heteroatoms. The molecule has 0 bridgehead atoms. The molecule has 0 aromatic carbocycles. The van der Waals surface area contributed by atoms with Crippen LogP contribution in [0, 0.1) is 0 Å². The topological polar surface area (TPSA) is 20.2 Å². The van der Waals surface area contributed by atoms with Crippen LogP contribution in [0.2, 0.25) is 0 Å². The van der Waals surface area contributed by atoms with E-state index in [1.54, 1.807) is 0 Å². The lowest BCUT2D eigenvalue weighted by molar-refractivity contribution is 0.113. The largest absolute Gasteiger partial charge is 0.381 e. The van der Waals surface area contributed by atoms with E-state index in [0.717, 1.165) is 24.8 Å². The Morgan fingerprint density at radius 1 is 1.70 bits per heavy atom. The van der Waals surface area contributed by atoms with Gasteiger partial charge in [-0.2, -0.15) is 0 Å². The maximum Gasteiger partial charge on any atom is 0.103 e. The first-order valence-electron chi connectivity index (χ1n) is 3.71. The molecular weight excluding hydrogens is 124 g/mol. The molecule has 0 fully saturated rings. The minimum atomic E-state index is -0.696. The van der Waals surface area contributed by atoms with Crippen molar-refractivity contribution in [2.75, 3.05) is 0 Å². The van der Waals surface area contributed by atoms with Crippen LogP contribution in [0.25, 0.3) is 0 Å². The smallest absolute Gasteiger partial charge is 0.103 e. The zero-order valence-electron chi connectivity index (χ0n) is 6.43. The highest BCUT2D eigenvalue weighted by Gasteiger charge is 2.25. The summed E-state index contributed by atoms with van der Waals surface area (Å²) in [5, 5.41) is 9.76. The molecule has 56 valence electrons. The van der Waals surface area contributed by atoms with Gasteiger partial charge < -0.3 is 5.11 Å². The molecule has 0 heterocycles. The van der Waals surface area contributed by atoms with Crippen LogP contribution >= 0.6 is 0 Å². The van der Waals surface area contributed by atoms with Crippen LogP contribution in [0.1, 0.15) is 26.2 Å². The van der Waals surface area contributed by atoms with Crippen LogP contribution in [0.5, 0.6) is 0 Å². The predicted molar refractivity (Wildman–Crippen MR) is 42.8 cm³/mol. The molecule has 0 aromatic heterocycles. The minimum Gasteiger partial charge on any atom is -0.381 e. The lowest BCUT2D eigenvalue weighted by atomic mass is 9.86. The van der Waals surface area contributed by atoms with Gasteiger partial charge in [0.1, 0.15) is 5.60 Å². The molecule has 1 unspecified atom stereocenters. The predicted octanol–water partition coefficient (Wildman–Crippen LogP) is 2.03. The van der Waals surface area contributed by atoms with Gasteiger partial charge in [0.2, 0.25) is 0 Å². The summed E-state index contributed by atoms with van der Waals surface area (Å²) in [5.74, 6) is 0. The van der Waals surface area contributed by atoms with Crippen LogP contribution in [0.15, 0.2) is 24.3 Å². The second-order valence-electron chi connectivity index (χ2n) is 3.00. The van der Waals surface area contributed by atoms with Crippen molar-refractivity contribution in [3.8, 4) is 0 Å². The van der Waals surface area contributed by atoms with Crippen LogP contribution < -0.4 is 0 Å². The first-order valence-corrected chi connectivity index (χ1v) is 3.71. The Morgan fingerprint density at radius 3 is 2.70 bits per heavy atom. The number of hydrogen-bond donors (Lipinski definition) is 1. The van der Waals surface area contributed by atoms with Crippen molar-refractivity contribution in [1.82, 2.24) is 0 Å². The number of hydrogen-bond acceptors (Lipinski definition) is 1. The number of aliphatic hydroxyl groups is 1. The molecular formula is C9H14O. The highest BCUT2D eigenvalue weighted by Crippen LogP contribution is 2.27. The Hall–Kier alpha value is -0.560. The third-order valence-electron chi connectivity index (χ3n) is 2.06. The van der Waals surface area contributed by atoms with E-state index in [9.17, 15) is 5.11 Å². The normalized spacial score (nSPS) is 32.2. The zero-order chi connectivity index (χ0) is 7.61. The summed E-state index contributed by atoms with van der Waals surface area (Å²) in [6, 6.07) is 0. The van der Waals surface area contributed by atoms with E-state index < -0.39 is 5.60 Å². The molecule has 0 radical (unpaired) electrons. The van der Waals surface area contributed by atoms with Gasteiger partial charge in [-0.05, 0) is 31.8 Å². The van der Waals surface area contributed by atoms with Gasteiger partial charge in [0.15, 0.2) is 0 Å². The molecule has 0 aliphatic heterocycles. The van der Waals surface area contributed by atoms with Gasteiger partial charge in [-0.3, -0.25) is 0 Å². The first-order chi connectivity index (χ1) is 4.65. The van der Waals surface area contributed by atoms with Gasteiger partial charge in [0.25, 0.3) is 0 Å². The number of rotatable bonds is 1. The van der Waals surface area contributed by atoms with Crippen LogP contribution in [-0.2, 0) is 0 Å². The van der Waals surface area contributed by atoms with Gasteiger partial charge in [0.05, 0.1) is 0 Å². The summed E-state index contributed by atoms with van der Waals surface area (Å²) < 4.78 is 0. The Labute approximate surface area is 62.1 Å². The maximum atomic E-state index is 9.76. The maximum absolute atomic E-state index is 9.76. The van der Waals surface area contributed by atoms with Gasteiger partial charge in [0, 0.05) is 0 Å². The van der Waals surface area contributed by atoms with Crippen molar-refractivity contribution < 1.29 is 5.11 Å². The Balaban J connectivity index is 2.75. The summed E-state index contributed by atoms with van der Waals surface area (Å²) in [6.45, 7) is 5.62. The molecule has 1 aliphatic carbocycles. The Bertz CT molecular complexity index is 170. The standard InChI is InChI=1S/C9H14O/c1-8(2)9(10)6-4-3-5-7-9/h4,6,10H,1,3,5,7H2,2H3. The summed E-state index contributed by atoms with van der Waals surface area (Å²) >= 11 is 0. The van der Waals surface area contributed by atoms with Gasteiger partial charge >= 0.3 is 0 Å². The van der Waals surface area contributed by atoms with Crippen molar-refractivity contribution >= 4 is 0 Å². The van der Waals surface area contributed by atoms with Crippen molar-refractivity contribution in [3.63, 3.8) is 0 Å². The van der Waals surface area contributed by atoms with Crippen molar-refractivity contribution in [2.45, 2.75) is 31.8 Å². The third kappa shape index (κ3) is 1.29. The average Bonchev–Trinajstić information content (AvgIpc) is 1.89. The molecule has 0 saturated heterocycles. The second kappa shape index (κ2) is 2.59.